The summed E-state index contributed by atoms with van der Waals surface area (Å²) in [6.45, 7) is 0.493. The van der Waals surface area contributed by atoms with Crippen LogP contribution in [0.2, 0.25) is 0 Å². The first kappa shape index (κ1) is 6.81. The highest BCUT2D eigenvalue weighted by molar-refractivity contribution is 5.06. The first-order chi connectivity index (χ1) is 4.83. The molecule has 0 saturated heterocycles. The van der Waals surface area contributed by atoms with Gasteiger partial charge in [-0.15, -0.1) is 20.4 Å². The summed E-state index contributed by atoms with van der Waals surface area (Å²) in [4.78, 5) is 0. The highest BCUT2D eigenvalue weighted by Gasteiger charge is 1.94. The van der Waals surface area contributed by atoms with Gasteiger partial charge in [-0.05, 0) is 6.54 Å². The van der Waals surface area contributed by atoms with Crippen molar-refractivity contribution in [2.45, 2.75) is 6.42 Å². The van der Waals surface area contributed by atoms with Crippen LogP contribution >= 0.6 is 0 Å². The molecule has 1 rings (SSSR count). The maximum Gasteiger partial charge on any atom is 0.259 e. The summed E-state index contributed by atoms with van der Waals surface area (Å²) in [7, 11) is 0. The first-order valence-corrected chi connectivity index (χ1v) is 2.84. The fraction of sp³-hybridized carbons (Fsp3) is 0.500. The van der Waals surface area contributed by atoms with Crippen molar-refractivity contribution in [3.8, 4) is 0 Å². The molecule has 0 spiro atoms. The minimum absolute atomic E-state index is 0.0840. The third-order valence-electron chi connectivity index (χ3n) is 0.904. The fourth-order valence-electron chi connectivity index (χ4n) is 0.487. The summed E-state index contributed by atoms with van der Waals surface area (Å²) in [5, 5.41) is 14.3. The molecule has 0 saturated carbocycles. The summed E-state index contributed by atoms with van der Waals surface area (Å²) in [6.07, 6.45) is 0.584. The lowest BCUT2D eigenvalue weighted by Gasteiger charge is -1.92. The van der Waals surface area contributed by atoms with Gasteiger partial charge in [-0.2, -0.15) is 0 Å². The fourth-order valence-corrected chi connectivity index (χ4v) is 0.487. The van der Waals surface area contributed by atoms with E-state index in [0.29, 0.717) is 18.8 Å². The Morgan fingerprint density at radius 2 is 1.70 bits per heavy atom. The zero-order valence-corrected chi connectivity index (χ0v) is 5.36. The van der Waals surface area contributed by atoms with E-state index in [1.807, 2.05) is 0 Å². The summed E-state index contributed by atoms with van der Waals surface area (Å²) < 4.78 is 0. The zero-order valence-electron chi connectivity index (χ0n) is 5.36. The number of nitrogens with two attached hydrogens (primary N) is 2. The van der Waals surface area contributed by atoms with E-state index < -0.39 is 0 Å². The second kappa shape index (κ2) is 3.02. The van der Waals surface area contributed by atoms with Crippen LogP contribution in [-0.2, 0) is 6.42 Å². The van der Waals surface area contributed by atoms with Gasteiger partial charge in [0.1, 0.15) is 0 Å². The molecule has 0 aliphatic carbocycles. The van der Waals surface area contributed by atoms with Crippen LogP contribution < -0.4 is 11.5 Å². The van der Waals surface area contributed by atoms with Crippen molar-refractivity contribution < 1.29 is 0 Å². The second-order valence-corrected chi connectivity index (χ2v) is 1.71. The summed E-state index contributed by atoms with van der Waals surface area (Å²) in [5.74, 6) is 0.609. The highest BCUT2D eigenvalue weighted by atomic mass is 15.3. The molecule has 0 amide bonds. The van der Waals surface area contributed by atoms with Crippen molar-refractivity contribution in [3.63, 3.8) is 0 Å². The van der Waals surface area contributed by atoms with Crippen molar-refractivity contribution in [3.05, 3.63) is 5.82 Å². The molecule has 1 aromatic rings. The van der Waals surface area contributed by atoms with E-state index in [4.69, 9.17) is 11.5 Å². The molecule has 10 heavy (non-hydrogen) atoms. The van der Waals surface area contributed by atoms with Gasteiger partial charge >= 0.3 is 0 Å². The number of nitrogen functional groups attached to an aromatic ring is 1. The third kappa shape index (κ3) is 1.59. The van der Waals surface area contributed by atoms with Gasteiger partial charge < -0.3 is 11.5 Å². The number of hydrogen-bond donors (Lipinski definition) is 2. The highest BCUT2D eigenvalue weighted by Crippen LogP contribution is 1.85. The molecule has 1 heterocycles. The molecular formula is C4H8N6. The topological polar surface area (TPSA) is 104 Å². The second-order valence-electron chi connectivity index (χ2n) is 1.71. The molecule has 6 nitrogen and oxygen atoms in total. The normalized spacial score (nSPS) is 9.70. The average molecular weight is 140 g/mol. The number of nitrogens with zero attached hydrogens (tertiary/aromatic N) is 4. The van der Waals surface area contributed by atoms with Crippen molar-refractivity contribution in [1.29, 1.82) is 0 Å². The SMILES string of the molecule is NCCc1nnc(N)nn1. The molecule has 1 aromatic heterocycles. The summed E-state index contributed by atoms with van der Waals surface area (Å²) in [6, 6.07) is 0. The van der Waals surface area contributed by atoms with Crippen molar-refractivity contribution in [2.75, 3.05) is 12.3 Å². The van der Waals surface area contributed by atoms with Gasteiger partial charge in [0.25, 0.3) is 5.95 Å². The van der Waals surface area contributed by atoms with Crippen LogP contribution in [0.15, 0.2) is 0 Å². The molecule has 0 aliphatic rings. The Morgan fingerprint density at radius 1 is 1.10 bits per heavy atom. The van der Waals surface area contributed by atoms with Gasteiger partial charge in [-0.25, -0.2) is 0 Å². The molecule has 0 radical (unpaired) electrons. The molecule has 4 N–H and O–H groups in total. The summed E-state index contributed by atoms with van der Waals surface area (Å²) in [5.41, 5.74) is 10.4. The molecule has 0 unspecified atom stereocenters. The Balaban J connectivity index is 2.69. The minimum Gasteiger partial charge on any atom is -0.365 e. The predicted octanol–water partition coefficient (Wildman–Crippen LogP) is -1.65. The van der Waals surface area contributed by atoms with Crippen molar-refractivity contribution in [1.82, 2.24) is 20.4 Å². The van der Waals surface area contributed by atoms with Crippen LogP contribution in [0, 0.1) is 0 Å². The zero-order chi connectivity index (χ0) is 7.40. The monoisotopic (exact) mass is 140 g/mol. The van der Waals surface area contributed by atoms with Crippen molar-refractivity contribution >= 4 is 5.95 Å². The van der Waals surface area contributed by atoms with Crippen LogP contribution in [0.25, 0.3) is 0 Å². The Kier molecular flexibility index (Phi) is 2.06. The van der Waals surface area contributed by atoms with Crippen LogP contribution in [0.4, 0.5) is 5.95 Å². The lowest BCUT2D eigenvalue weighted by molar-refractivity contribution is 0.755. The quantitative estimate of drug-likeness (QED) is 0.510. The smallest absolute Gasteiger partial charge is 0.259 e. The van der Waals surface area contributed by atoms with Gasteiger partial charge in [0.2, 0.25) is 0 Å². The van der Waals surface area contributed by atoms with Crippen LogP contribution in [0.3, 0.4) is 0 Å². The maximum atomic E-state index is 5.23. The summed E-state index contributed by atoms with van der Waals surface area (Å²) >= 11 is 0. The number of aromatic nitrogens is 4. The molecule has 0 aliphatic heterocycles. The molecule has 0 bridgehead atoms. The Morgan fingerprint density at radius 3 is 2.20 bits per heavy atom. The Labute approximate surface area is 57.7 Å². The Bertz CT molecular complexity index is 193. The van der Waals surface area contributed by atoms with E-state index in [-0.39, 0.29) is 5.95 Å². The molecule has 0 aromatic carbocycles. The van der Waals surface area contributed by atoms with E-state index in [1.54, 1.807) is 0 Å². The van der Waals surface area contributed by atoms with Crippen LogP contribution in [0.5, 0.6) is 0 Å². The van der Waals surface area contributed by atoms with Gasteiger partial charge in [0, 0.05) is 6.42 Å². The van der Waals surface area contributed by atoms with E-state index in [2.05, 4.69) is 20.4 Å². The maximum absolute atomic E-state index is 5.23. The van der Waals surface area contributed by atoms with Crippen LogP contribution in [0.1, 0.15) is 5.82 Å². The molecule has 0 atom stereocenters. The largest absolute Gasteiger partial charge is 0.365 e. The van der Waals surface area contributed by atoms with Gasteiger partial charge in [-0.1, -0.05) is 0 Å². The first-order valence-electron chi connectivity index (χ1n) is 2.84. The number of rotatable bonds is 2. The molecule has 0 fully saturated rings. The standard InChI is InChI=1S/C4H8N6/c5-2-1-3-7-9-4(6)10-8-3/h1-2,5H2,(H2,6,9,10). The van der Waals surface area contributed by atoms with E-state index in [0.717, 1.165) is 0 Å². The van der Waals surface area contributed by atoms with E-state index >= 15 is 0 Å². The lowest BCUT2D eigenvalue weighted by atomic mass is 10.4. The number of hydrogen-bond acceptors (Lipinski definition) is 6. The van der Waals surface area contributed by atoms with Gasteiger partial charge in [0.05, 0.1) is 0 Å². The molecule has 6 heteroatoms. The molecular weight excluding hydrogens is 132 g/mol. The van der Waals surface area contributed by atoms with Gasteiger partial charge in [0.15, 0.2) is 5.82 Å². The van der Waals surface area contributed by atoms with E-state index in [9.17, 15) is 0 Å². The average Bonchev–Trinajstić information content (AvgIpc) is 1.95. The van der Waals surface area contributed by atoms with Gasteiger partial charge in [-0.3, -0.25) is 0 Å². The lowest BCUT2D eigenvalue weighted by Crippen LogP contribution is -2.10. The third-order valence-corrected chi connectivity index (χ3v) is 0.904. The van der Waals surface area contributed by atoms with E-state index in [1.165, 1.54) is 0 Å². The Hall–Kier alpha value is -1.30. The predicted molar refractivity (Wildman–Crippen MR) is 34.8 cm³/mol. The van der Waals surface area contributed by atoms with Crippen molar-refractivity contribution in [2.24, 2.45) is 5.73 Å². The number of anilines is 1. The van der Waals surface area contributed by atoms with Crippen LogP contribution in [-0.4, -0.2) is 26.9 Å². The molecule has 54 valence electrons. The minimum atomic E-state index is 0.0840.